The molecule has 1 saturated heterocycles. The fourth-order valence-electron chi connectivity index (χ4n) is 3.86. The second kappa shape index (κ2) is 5.69. The summed E-state index contributed by atoms with van der Waals surface area (Å²) in [6.07, 6.45) is 0.479. The van der Waals surface area contributed by atoms with Crippen LogP contribution in [-0.2, 0) is 9.59 Å². The molecule has 6 heteroatoms. The number of amides is 3. The molecule has 0 radical (unpaired) electrons. The number of fused-ring (bicyclic) bond motifs is 3. The molecule has 2 aromatic carbocycles. The predicted octanol–water partition coefficient (Wildman–Crippen LogP) is 2.54. The topological polar surface area (TPSA) is 69.7 Å². The van der Waals surface area contributed by atoms with Gasteiger partial charge in [0, 0.05) is 25.6 Å². The highest BCUT2D eigenvalue weighted by molar-refractivity contribution is 6.18. The molecule has 6 nitrogen and oxygen atoms in total. The van der Waals surface area contributed by atoms with Crippen LogP contribution in [0.2, 0.25) is 0 Å². The molecule has 0 saturated carbocycles. The second-order valence-electron chi connectivity index (χ2n) is 6.70. The number of nitrogens with one attached hydrogen (secondary N) is 1. The Morgan fingerprint density at radius 1 is 1.08 bits per heavy atom. The van der Waals surface area contributed by atoms with E-state index in [0.29, 0.717) is 16.9 Å². The van der Waals surface area contributed by atoms with Crippen LogP contribution in [0.5, 0.6) is 0 Å². The highest BCUT2D eigenvalue weighted by atomic mass is 16.2. The van der Waals surface area contributed by atoms with Gasteiger partial charge in [0.25, 0.3) is 11.8 Å². The van der Waals surface area contributed by atoms with Gasteiger partial charge in [-0.2, -0.15) is 0 Å². The fraction of sp³-hybridized carbons (Fsp3) is 0.250. The molecule has 0 bridgehead atoms. The highest BCUT2D eigenvalue weighted by Gasteiger charge is 2.59. The minimum Gasteiger partial charge on any atom is -0.322 e. The van der Waals surface area contributed by atoms with Gasteiger partial charge in [0.15, 0.2) is 0 Å². The molecule has 4 rings (SSSR count). The molecule has 1 N–H and O–H groups in total. The monoisotopic (exact) mass is 349 g/mol. The maximum Gasteiger partial charge on any atom is 0.271 e. The molecule has 0 spiro atoms. The van der Waals surface area contributed by atoms with E-state index in [0.717, 1.165) is 5.56 Å². The van der Waals surface area contributed by atoms with E-state index in [1.165, 1.54) is 9.80 Å². The van der Waals surface area contributed by atoms with Crippen LogP contribution in [0.4, 0.5) is 11.4 Å². The van der Waals surface area contributed by atoms with E-state index in [-0.39, 0.29) is 30.6 Å². The standard InChI is InChI=1S/C20H19N3O3/c1-13-7-3-5-9-15(13)21-19(26)20-12-11-17(24)23(20)16-10-6-4-8-14(16)18(25)22(20)2/h3-10H,11-12H2,1-2H3,(H,21,26). The van der Waals surface area contributed by atoms with Crippen molar-refractivity contribution in [1.29, 1.82) is 0 Å². The number of anilines is 2. The van der Waals surface area contributed by atoms with E-state index in [4.69, 9.17) is 0 Å². The smallest absolute Gasteiger partial charge is 0.271 e. The van der Waals surface area contributed by atoms with Crippen molar-refractivity contribution in [3.63, 3.8) is 0 Å². The van der Waals surface area contributed by atoms with Gasteiger partial charge in [-0.15, -0.1) is 0 Å². The van der Waals surface area contributed by atoms with Crippen LogP contribution in [0.3, 0.4) is 0 Å². The summed E-state index contributed by atoms with van der Waals surface area (Å²) < 4.78 is 0. The van der Waals surface area contributed by atoms with Gasteiger partial charge in [-0.05, 0) is 30.7 Å². The van der Waals surface area contributed by atoms with Gasteiger partial charge in [0.1, 0.15) is 0 Å². The molecule has 2 aromatic rings. The largest absolute Gasteiger partial charge is 0.322 e. The summed E-state index contributed by atoms with van der Waals surface area (Å²) in [5, 5.41) is 2.92. The molecule has 0 aliphatic carbocycles. The van der Waals surface area contributed by atoms with Crippen molar-refractivity contribution in [3.05, 3.63) is 59.7 Å². The van der Waals surface area contributed by atoms with Crippen molar-refractivity contribution in [1.82, 2.24) is 4.90 Å². The Balaban J connectivity index is 1.83. The van der Waals surface area contributed by atoms with Crippen LogP contribution < -0.4 is 10.2 Å². The third kappa shape index (κ3) is 2.08. The molecule has 1 fully saturated rings. The normalized spacial score (nSPS) is 21.5. The molecular weight excluding hydrogens is 330 g/mol. The summed E-state index contributed by atoms with van der Waals surface area (Å²) in [7, 11) is 1.58. The van der Waals surface area contributed by atoms with Crippen molar-refractivity contribution in [3.8, 4) is 0 Å². The molecule has 1 atom stereocenters. The number of rotatable bonds is 2. The first-order valence-electron chi connectivity index (χ1n) is 8.54. The Morgan fingerprint density at radius 3 is 2.54 bits per heavy atom. The average molecular weight is 349 g/mol. The minimum absolute atomic E-state index is 0.156. The lowest BCUT2D eigenvalue weighted by Gasteiger charge is -2.47. The molecule has 3 amide bonds. The number of likely N-dealkylation sites (N-methyl/N-ethyl adjacent to an activating group) is 1. The average Bonchev–Trinajstić information content (AvgIpc) is 3.00. The van der Waals surface area contributed by atoms with Gasteiger partial charge >= 0.3 is 0 Å². The van der Waals surface area contributed by atoms with E-state index >= 15 is 0 Å². The van der Waals surface area contributed by atoms with E-state index in [1.807, 2.05) is 31.2 Å². The summed E-state index contributed by atoms with van der Waals surface area (Å²) in [6, 6.07) is 14.4. The number of hydrogen-bond acceptors (Lipinski definition) is 3. The number of carbonyl (C=O) groups is 3. The fourth-order valence-corrected chi connectivity index (χ4v) is 3.86. The zero-order chi connectivity index (χ0) is 18.5. The Bertz CT molecular complexity index is 939. The number of hydrogen-bond donors (Lipinski definition) is 1. The van der Waals surface area contributed by atoms with E-state index < -0.39 is 5.66 Å². The maximum atomic E-state index is 13.3. The van der Waals surface area contributed by atoms with Crippen molar-refractivity contribution in [2.45, 2.75) is 25.4 Å². The van der Waals surface area contributed by atoms with Crippen molar-refractivity contribution >= 4 is 29.1 Å². The number of nitrogens with zero attached hydrogens (tertiary/aromatic N) is 2. The zero-order valence-electron chi connectivity index (χ0n) is 14.7. The first kappa shape index (κ1) is 16.3. The van der Waals surface area contributed by atoms with E-state index in [9.17, 15) is 14.4 Å². The molecule has 0 aromatic heterocycles. The van der Waals surface area contributed by atoms with Crippen molar-refractivity contribution in [2.24, 2.45) is 0 Å². The van der Waals surface area contributed by atoms with Crippen LogP contribution in [0.1, 0.15) is 28.8 Å². The number of carbonyl (C=O) groups excluding carboxylic acids is 3. The number of para-hydroxylation sites is 2. The summed E-state index contributed by atoms with van der Waals surface area (Å²) in [5.41, 5.74) is 1.18. The molecule has 2 aliphatic rings. The zero-order valence-corrected chi connectivity index (χ0v) is 14.7. The number of aryl methyl sites for hydroxylation is 1. The lowest BCUT2D eigenvalue weighted by atomic mass is 9.96. The Labute approximate surface area is 151 Å². The second-order valence-corrected chi connectivity index (χ2v) is 6.70. The Hall–Kier alpha value is -3.15. The molecule has 1 unspecified atom stereocenters. The number of benzene rings is 2. The maximum absolute atomic E-state index is 13.3. The molecule has 2 heterocycles. The van der Waals surface area contributed by atoms with Gasteiger partial charge in [-0.1, -0.05) is 30.3 Å². The Morgan fingerprint density at radius 2 is 1.77 bits per heavy atom. The first-order valence-corrected chi connectivity index (χ1v) is 8.54. The summed E-state index contributed by atoms with van der Waals surface area (Å²) in [4.78, 5) is 41.8. The van der Waals surface area contributed by atoms with Crippen molar-refractivity contribution in [2.75, 3.05) is 17.3 Å². The quantitative estimate of drug-likeness (QED) is 0.906. The minimum atomic E-state index is -1.34. The molecule has 26 heavy (non-hydrogen) atoms. The van der Waals surface area contributed by atoms with E-state index in [1.54, 1.807) is 31.3 Å². The van der Waals surface area contributed by atoms with E-state index in [2.05, 4.69) is 5.32 Å². The van der Waals surface area contributed by atoms with Crippen LogP contribution >= 0.6 is 0 Å². The van der Waals surface area contributed by atoms with Gasteiger partial charge in [0.2, 0.25) is 11.6 Å². The molecular formula is C20H19N3O3. The summed E-state index contributed by atoms with van der Waals surface area (Å²) in [5.74, 6) is -0.786. The first-order chi connectivity index (χ1) is 12.5. The molecule has 2 aliphatic heterocycles. The van der Waals surface area contributed by atoms with Crippen LogP contribution in [0.25, 0.3) is 0 Å². The molecule has 132 valence electrons. The third-order valence-electron chi connectivity index (χ3n) is 5.30. The van der Waals surface area contributed by atoms with Gasteiger partial charge in [-0.3, -0.25) is 19.3 Å². The van der Waals surface area contributed by atoms with Gasteiger partial charge < -0.3 is 10.2 Å². The lowest BCUT2D eigenvalue weighted by Crippen LogP contribution is -2.68. The van der Waals surface area contributed by atoms with Gasteiger partial charge in [-0.25, -0.2) is 0 Å². The third-order valence-corrected chi connectivity index (χ3v) is 5.30. The van der Waals surface area contributed by atoms with Crippen LogP contribution in [0.15, 0.2) is 48.5 Å². The van der Waals surface area contributed by atoms with Gasteiger partial charge in [0.05, 0.1) is 11.3 Å². The summed E-state index contributed by atoms with van der Waals surface area (Å²) in [6.45, 7) is 1.90. The van der Waals surface area contributed by atoms with Crippen LogP contribution in [0, 0.1) is 6.92 Å². The highest BCUT2D eigenvalue weighted by Crippen LogP contribution is 2.44. The van der Waals surface area contributed by atoms with Crippen molar-refractivity contribution < 1.29 is 14.4 Å². The van der Waals surface area contributed by atoms with Crippen LogP contribution in [-0.4, -0.2) is 35.3 Å². The summed E-state index contributed by atoms with van der Waals surface area (Å²) >= 11 is 0. The Kier molecular flexibility index (Phi) is 3.57. The predicted molar refractivity (Wildman–Crippen MR) is 97.8 cm³/mol. The lowest BCUT2D eigenvalue weighted by molar-refractivity contribution is -0.128. The SMILES string of the molecule is Cc1ccccc1NC(=O)C12CCC(=O)N1c1ccccc1C(=O)N2C.